The summed E-state index contributed by atoms with van der Waals surface area (Å²) in [6.45, 7) is 3.71. The van der Waals surface area contributed by atoms with Crippen molar-refractivity contribution in [3.63, 3.8) is 0 Å². The van der Waals surface area contributed by atoms with Gasteiger partial charge in [-0.1, -0.05) is 6.07 Å². The number of hydrogen-bond donors (Lipinski definition) is 1. The standard InChI is InChI=1S/C11H13BrF3N/c1-7-5-8(2)10(9(12)6-7)16-4-3-11(13,14)15/h5-6,16H,3-4H2,1-2H3. The first-order chi connectivity index (χ1) is 7.29. The van der Waals surface area contributed by atoms with E-state index < -0.39 is 12.6 Å². The molecule has 1 rings (SSSR count). The maximum absolute atomic E-state index is 12.0. The average Bonchev–Trinajstić information content (AvgIpc) is 2.07. The summed E-state index contributed by atoms with van der Waals surface area (Å²) in [7, 11) is 0. The van der Waals surface area contributed by atoms with Gasteiger partial charge in [0, 0.05) is 11.0 Å². The second-order valence-corrected chi connectivity index (χ2v) is 4.58. The number of rotatable bonds is 3. The summed E-state index contributed by atoms with van der Waals surface area (Å²) in [5.41, 5.74) is 2.75. The molecule has 16 heavy (non-hydrogen) atoms. The van der Waals surface area contributed by atoms with Gasteiger partial charge >= 0.3 is 6.18 Å². The number of halogens is 4. The van der Waals surface area contributed by atoms with Gasteiger partial charge in [0.1, 0.15) is 0 Å². The van der Waals surface area contributed by atoms with E-state index in [1.807, 2.05) is 26.0 Å². The van der Waals surface area contributed by atoms with Crippen LogP contribution in [-0.2, 0) is 0 Å². The fraction of sp³-hybridized carbons (Fsp3) is 0.455. The van der Waals surface area contributed by atoms with Crippen LogP contribution in [-0.4, -0.2) is 12.7 Å². The molecule has 0 saturated heterocycles. The molecule has 0 saturated carbocycles. The van der Waals surface area contributed by atoms with Crippen molar-refractivity contribution >= 4 is 21.6 Å². The summed E-state index contributed by atoms with van der Waals surface area (Å²) in [4.78, 5) is 0. The summed E-state index contributed by atoms with van der Waals surface area (Å²) in [6, 6.07) is 3.81. The van der Waals surface area contributed by atoms with Crippen LogP contribution in [0.1, 0.15) is 17.5 Å². The van der Waals surface area contributed by atoms with Crippen LogP contribution in [0.25, 0.3) is 0 Å². The number of hydrogen-bond acceptors (Lipinski definition) is 1. The topological polar surface area (TPSA) is 12.0 Å². The Labute approximate surface area is 101 Å². The zero-order chi connectivity index (χ0) is 12.3. The molecule has 1 aromatic rings. The SMILES string of the molecule is Cc1cc(C)c(NCCC(F)(F)F)c(Br)c1. The van der Waals surface area contributed by atoms with Crippen LogP contribution in [0.3, 0.4) is 0 Å². The van der Waals surface area contributed by atoms with Gasteiger partial charge in [-0.25, -0.2) is 0 Å². The second kappa shape index (κ2) is 5.08. The van der Waals surface area contributed by atoms with Crippen molar-refractivity contribution in [1.29, 1.82) is 0 Å². The lowest BCUT2D eigenvalue weighted by Gasteiger charge is -2.13. The van der Waals surface area contributed by atoms with Crippen LogP contribution in [0.15, 0.2) is 16.6 Å². The highest BCUT2D eigenvalue weighted by Gasteiger charge is 2.26. The Bertz CT molecular complexity index is 351. The predicted octanol–water partition coefficient (Wildman–Crippen LogP) is 4.43. The van der Waals surface area contributed by atoms with Crippen LogP contribution in [0, 0.1) is 13.8 Å². The van der Waals surface area contributed by atoms with Crippen LogP contribution >= 0.6 is 15.9 Å². The quantitative estimate of drug-likeness (QED) is 0.870. The summed E-state index contributed by atoms with van der Waals surface area (Å²) < 4.78 is 36.7. The molecule has 1 nitrogen and oxygen atoms in total. The summed E-state index contributed by atoms with van der Waals surface area (Å²) >= 11 is 3.33. The molecule has 0 aromatic heterocycles. The Morgan fingerprint density at radius 2 is 1.88 bits per heavy atom. The molecule has 0 radical (unpaired) electrons. The lowest BCUT2D eigenvalue weighted by atomic mass is 10.1. The van der Waals surface area contributed by atoms with E-state index in [4.69, 9.17) is 0 Å². The van der Waals surface area contributed by atoms with Gasteiger partial charge in [0.15, 0.2) is 0 Å². The van der Waals surface area contributed by atoms with Gasteiger partial charge in [-0.3, -0.25) is 0 Å². The summed E-state index contributed by atoms with van der Waals surface area (Å²) in [6.07, 6.45) is -4.94. The Morgan fingerprint density at radius 3 is 2.38 bits per heavy atom. The fourth-order valence-electron chi connectivity index (χ4n) is 1.47. The van der Waals surface area contributed by atoms with E-state index in [1.165, 1.54) is 0 Å². The monoisotopic (exact) mass is 295 g/mol. The first-order valence-electron chi connectivity index (χ1n) is 4.87. The highest BCUT2D eigenvalue weighted by atomic mass is 79.9. The Balaban J connectivity index is 2.68. The molecule has 0 atom stereocenters. The van der Waals surface area contributed by atoms with Crippen LogP contribution in [0.5, 0.6) is 0 Å². The molecule has 0 bridgehead atoms. The minimum atomic E-state index is -4.11. The van der Waals surface area contributed by atoms with Crippen molar-refractivity contribution in [2.45, 2.75) is 26.4 Å². The summed E-state index contributed by atoms with van der Waals surface area (Å²) in [5, 5.41) is 2.80. The number of alkyl halides is 3. The molecule has 90 valence electrons. The molecule has 0 aliphatic heterocycles. The molecule has 0 unspecified atom stereocenters. The van der Waals surface area contributed by atoms with Crippen LogP contribution in [0.4, 0.5) is 18.9 Å². The van der Waals surface area contributed by atoms with Gasteiger partial charge in [-0.15, -0.1) is 0 Å². The van der Waals surface area contributed by atoms with Gasteiger partial charge in [0.25, 0.3) is 0 Å². The Kier molecular flexibility index (Phi) is 4.24. The minimum absolute atomic E-state index is 0.105. The third kappa shape index (κ3) is 4.04. The summed E-state index contributed by atoms with van der Waals surface area (Å²) in [5.74, 6) is 0. The molecule has 0 aliphatic rings. The van der Waals surface area contributed by atoms with Crippen molar-refractivity contribution in [3.05, 3.63) is 27.7 Å². The van der Waals surface area contributed by atoms with E-state index in [-0.39, 0.29) is 6.54 Å². The molecule has 0 aliphatic carbocycles. The zero-order valence-corrected chi connectivity index (χ0v) is 10.7. The van der Waals surface area contributed by atoms with Crippen molar-refractivity contribution in [1.82, 2.24) is 0 Å². The zero-order valence-electron chi connectivity index (χ0n) is 9.08. The predicted molar refractivity (Wildman–Crippen MR) is 62.8 cm³/mol. The minimum Gasteiger partial charge on any atom is -0.384 e. The molecule has 5 heteroatoms. The lowest BCUT2D eigenvalue weighted by molar-refractivity contribution is -0.131. The maximum Gasteiger partial charge on any atom is 0.390 e. The van der Waals surface area contributed by atoms with Crippen molar-refractivity contribution < 1.29 is 13.2 Å². The smallest absolute Gasteiger partial charge is 0.384 e. The third-order valence-corrected chi connectivity index (χ3v) is 2.77. The van der Waals surface area contributed by atoms with Gasteiger partial charge in [0.05, 0.1) is 12.1 Å². The maximum atomic E-state index is 12.0. The van der Waals surface area contributed by atoms with E-state index in [0.717, 1.165) is 21.3 Å². The molecule has 0 heterocycles. The van der Waals surface area contributed by atoms with Crippen molar-refractivity contribution in [2.75, 3.05) is 11.9 Å². The largest absolute Gasteiger partial charge is 0.390 e. The third-order valence-electron chi connectivity index (χ3n) is 2.14. The molecule has 1 aromatic carbocycles. The second-order valence-electron chi connectivity index (χ2n) is 3.73. The first kappa shape index (κ1) is 13.4. The molecular weight excluding hydrogens is 283 g/mol. The highest BCUT2D eigenvalue weighted by Crippen LogP contribution is 2.28. The lowest BCUT2D eigenvalue weighted by Crippen LogP contribution is -2.15. The van der Waals surface area contributed by atoms with E-state index in [1.54, 1.807) is 0 Å². The number of nitrogens with one attached hydrogen (secondary N) is 1. The normalized spacial score (nSPS) is 11.6. The van der Waals surface area contributed by atoms with Gasteiger partial charge in [-0.2, -0.15) is 13.2 Å². The molecule has 0 amide bonds. The number of benzene rings is 1. The van der Waals surface area contributed by atoms with E-state index in [9.17, 15) is 13.2 Å². The van der Waals surface area contributed by atoms with E-state index in [0.29, 0.717) is 0 Å². The van der Waals surface area contributed by atoms with Crippen molar-refractivity contribution in [2.24, 2.45) is 0 Å². The van der Waals surface area contributed by atoms with Gasteiger partial charge in [-0.05, 0) is 47.0 Å². The van der Waals surface area contributed by atoms with Crippen molar-refractivity contribution in [3.8, 4) is 0 Å². The number of aryl methyl sites for hydroxylation is 2. The molecular formula is C11H13BrF3N. The van der Waals surface area contributed by atoms with E-state index >= 15 is 0 Å². The molecule has 0 fully saturated rings. The fourth-order valence-corrected chi connectivity index (χ4v) is 2.28. The number of anilines is 1. The Morgan fingerprint density at radius 1 is 1.25 bits per heavy atom. The molecule has 1 N–H and O–H groups in total. The van der Waals surface area contributed by atoms with E-state index in [2.05, 4.69) is 21.2 Å². The van der Waals surface area contributed by atoms with Gasteiger partial charge < -0.3 is 5.32 Å². The molecule has 0 spiro atoms. The first-order valence-corrected chi connectivity index (χ1v) is 5.66. The van der Waals surface area contributed by atoms with Crippen LogP contribution < -0.4 is 5.32 Å². The van der Waals surface area contributed by atoms with Crippen LogP contribution in [0.2, 0.25) is 0 Å². The Hall–Kier alpha value is -0.710. The highest BCUT2D eigenvalue weighted by molar-refractivity contribution is 9.10. The van der Waals surface area contributed by atoms with Gasteiger partial charge in [0.2, 0.25) is 0 Å². The average molecular weight is 296 g/mol.